The van der Waals surface area contributed by atoms with Gasteiger partial charge in [-0.25, -0.2) is 17.4 Å². The van der Waals surface area contributed by atoms with Crippen molar-refractivity contribution < 1.29 is 8.42 Å². The van der Waals surface area contributed by atoms with Gasteiger partial charge in [0.2, 0.25) is 16.0 Å². The number of hydrogen-bond acceptors (Lipinski definition) is 4. The summed E-state index contributed by atoms with van der Waals surface area (Å²) >= 11 is 12.4. The Labute approximate surface area is 162 Å². The number of nitrogens with two attached hydrogens (primary N) is 1. The van der Waals surface area contributed by atoms with Crippen molar-refractivity contribution in [2.75, 3.05) is 5.73 Å². The summed E-state index contributed by atoms with van der Waals surface area (Å²) in [4.78, 5) is 4.15. The zero-order valence-electron chi connectivity index (χ0n) is 14.2. The first-order chi connectivity index (χ1) is 12.1. The van der Waals surface area contributed by atoms with Gasteiger partial charge >= 0.3 is 0 Å². The molecule has 0 aliphatic heterocycles. The van der Waals surface area contributed by atoms with Gasteiger partial charge in [-0.3, -0.25) is 0 Å². The fraction of sp³-hybridized carbons (Fsp3) is 0.167. The van der Waals surface area contributed by atoms with E-state index >= 15 is 0 Å². The van der Waals surface area contributed by atoms with E-state index in [1.54, 1.807) is 50.2 Å². The molecule has 1 heterocycles. The van der Waals surface area contributed by atoms with Crippen LogP contribution in [-0.2, 0) is 10.0 Å². The van der Waals surface area contributed by atoms with Gasteiger partial charge in [-0.05, 0) is 43.2 Å². The summed E-state index contributed by atoms with van der Waals surface area (Å²) in [6, 6.07) is 10.5. The minimum atomic E-state index is -3.66. The lowest BCUT2D eigenvalue weighted by molar-refractivity contribution is 0.580. The summed E-state index contributed by atoms with van der Waals surface area (Å²) < 4.78 is 26.4. The normalized spacial score (nSPS) is 12.0. The Hall–Kier alpha value is -2.02. The van der Waals surface area contributed by atoms with E-state index in [1.165, 1.54) is 0 Å². The Kier molecular flexibility index (Phi) is 4.77. The number of rotatable bonds is 4. The van der Waals surface area contributed by atoms with Crippen LogP contribution < -0.4 is 5.73 Å². The van der Waals surface area contributed by atoms with E-state index in [9.17, 15) is 8.42 Å². The van der Waals surface area contributed by atoms with Gasteiger partial charge in [-0.1, -0.05) is 48.0 Å². The second-order valence-corrected chi connectivity index (χ2v) is 9.23. The first-order valence-corrected chi connectivity index (χ1v) is 10.1. The van der Waals surface area contributed by atoms with Crippen LogP contribution in [0.4, 0.5) is 5.95 Å². The molecular formula is C18H17Cl2N3O2S. The summed E-state index contributed by atoms with van der Waals surface area (Å²) in [6.07, 6.45) is 0. The summed E-state index contributed by atoms with van der Waals surface area (Å²) in [5.41, 5.74) is 8.74. The fourth-order valence-electron chi connectivity index (χ4n) is 2.63. The Morgan fingerprint density at radius 3 is 2.58 bits per heavy atom. The fourth-order valence-corrected chi connectivity index (χ4v) is 4.19. The van der Waals surface area contributed by atoms with E-state index in [0.29, 0.717) is 37.8 Å². The smallest absolute Gasteiger partial charge is 0.244 e. The Morgan fingerprint density at radius 2 is 1.92 bits per heavy atom. The summed E-state index contributed by atoms with van der Waals surface area (Å²) in [5, 5.41) is 0.168. The second-order valence-electron chi connectivity index (χ2n) is 6.11. The van der Waals surface area contributed by atoms with E-state index < -0.39 is 15.3 Å². The molecule has 0 saturated carbocycles. The van der Waals surface area contributed by atoms with Crippen molar-refractivity contribution in [3.8, 4) is 0 Å². The number of hydrogen-bond donors (Lipinski definition) is 1. The van der Waals surface area contributed by atoms with Gasteiger partial charge in [0.05, 0.1) is 26.3 Å². The highest BCUT2D eigenvalue weighted by Crippen LogP contribution is 2.34. The number of nitrogen functional groups attached to an aromatic ring is 1. The number of benzene rings is 2. The predicted molar refractivity (Wildman–Crippen MR) is 108 cm³/mol. The predicted octanol–water partition coefficient (Wildman–Crippen LogP) is 4.57. The number of nitrogens with zero attached hydrogens (tertiary/aromatic N) is 2. The van der Waals surface area contributed by atoms with Crippen LogP contribution in [0.5, 0.6) is 0 Å². The van der Waals surface area contributed by atoms with Gasteiger partial charge < -0.3 is 5.73 Å². The summed E-state index contributed by atoms with van der Waals surface area (Å²) in [6.45, 7) is 7.27. The van der Waals surface area contributed by atoms with E-state index in [-0.39, 0.29) is 5.95 Å². The lowest BCUT2D eigenvalue weighted by atomic mass is 9.99. The molecule has 0 unspecified atom stereocenters. The number of aromatic nitrogens is 2. The molecule has 0 aliphatic rings. The van der Waals surface area contributed by atoms with Crippen molar-refractivity contribution in [3.05, 3.63) is 64.1 Å². The second kappa shape index (κ2) is 6.61. The number of halogens is 2. The number of anilines is 1. The average molecular weight is 410 g/mol. The van der Waals surface area contributed by atoms with Crippen LogP contribution in [0.15, 0.2) is 43.0 Å². The maximum atomic E-state index is 12.7. The number of fused-ring (bicyclic) bond motifs is 1. The molecule has 136 valence electrons. The minimum absolute atomic E-state index is 0.0720. The Balaban J connectivity index is 2.21. The lowest BCUT2D eigenvalue weighted by Crippen LogP contribution is -2.23. The average Bonchev–Trinajstić information content (AvgIpc) is 2.92. The topological polar surface area (TPSA) is 78.0 Å². The SMILES string of the molecule is C=C(c1ccc2nc(N)n(S(=O)(=O)C(C)C)c2c1)c1cccc(Cl)c1Cl. The van der Waals surface area contributed by atoms with Crippen LogP contribution in [0, 0.1) is 0 Å². The molecule has 8 heteroatoms. The molecular weight excluding hydrogens is 393 g/mol. The van der Waals surface area contributed by atoms with E-state index in [1.807, 2.05) is 0 Å². The first kappa shape index (κ1) is 18.8. The van der Waals surface area contributed by atoms with Crippen molar-refractivity contribution in [2.24, 2.45) is 0 Å². The van der Waals surface area contributed by atoms with Gasteiger partial charge in [0.15, 0.2) is 0 Å². The third-order valence-electron chi connectivity index (χ3n) is 4.11. The standard InChI is InChI=1S/C18H17Cl2N3O2S/c1-10(2)26(24,25)23-16-9-12(7-8-15(16)22-18(23)21)11(3)13-5-4-6-14(19)17(13)20/h4-10H,3H2,1-2H3,(H2,21,22). The molecule has 3 rings (SSSR count). The van der Waals surface area contributed by atoms with Crippen LogP contribution in [0.25, 0.3) is 16.6 Å². The van der Waals surface area contributed by atoms with Gasteiger partial charge in [-0.15, -0.1) is 0 Å². The third-order valence-corrected chi connectivity index (χ3v) is 7.02. The maximum Gasteiger partial charge on any atom is 0.244 e. The monoisotopic (exact) mass is 409 g/mol. The summed E-state index contributed by atoms with van der Waals surface area (Å²) in [5.74, 6) is -0.0720. The highest BCUT2D eigenvalue weighted by molar-refractivity contribution is 7.90. The lowest BCUT2D eigenvalue weighted by Gasteiger charge is -2.13. The van der Waals surface area contributed by atoms with Crippen LogP contribution in [-0.4, -0.2) is 22.6 Å². The van der Waals surface area contributed by atoms with E-state index in [0.717, 1.165) is 3.97 Å². The summed E-state index contributed by atoms with van der Waals surface area (Å²) in [7, 11) is -3.66. The molecule has 1 aromatic heterocycles. The zero-order chi connectivity index (χ0) is 19.2. The molecule has 0 saturated heterocycles. The molecule has 0 atom stereocenters. The molecule has 26 heavy (non-hydrogen) atoms. The first-order valence-electron chi connectivity index (χ1n) is 7.80. The minimum Gasteiger partial charge on any atom is -0.368 e. The highest BCUT2D eigenvalue weighted by atomic mass is 35.5. The van der Waals surface area contributed by atoms with E-state index in [2.05, 4.69) is 11.6 Å². The van der Waals surface area contributed by atoms with Crippen molar-refractivity contribution >= 4 is 55.8 Å². The third kappa shape index (κ3) is 2.98. The maximum absolute atomic E-state index is 12.7. The van der Waals surface area contributed by atoms with Crippen molar-refractivity contribution in [2.45, 2.75) is 19.1 Å². The highest BCUT2D eigenvalue weighted by Gasteiger charge is 2.24. The molecule has 5 nitrogen and oxygen atoms in total. The van der Waals surface area contributed by atoms with Gasteiger partial charge in [0.25, 0.3) is 0 Å². The van der Waals surface area contributed by atoms with Crippen molar-refractivity contribution in [1.82, 2.24) is 8.96 Å². The van der Waals surface area contributed by atoms with Gasteiger partial charge in [-0.2, -0.15) is 0 Å². The molecule has 0 amide bonds. The molecule has 0 fully saturated rings. The van der Waals surface area contributed by atoms with Crippen molar-refractivity contribution in [3.63, 3.8) is 0 Å². The molecule has 2 aromatic carbocycles. The molecule has 0 bridgehead atoms. The quantitative estimate of drug-likeness (QED) is 0.683. The Morgan fingerprint density at radius 1 is 1.23 bits per heavy atom. The van der Waals surface area contributed by atoms with Crippen LogP contribution in [0.3, 0.4) is 0 Å². The van der Waals surface area contributed by atoms with E-state index in [4.69, 9.17) is 28.9 Å². The number of imidazole rings is 1. The van der Waals surface area contributed by atoms with Crippen LogP contribution in [0.1, 0.15) is 25.0 Å². The van der Waals surface area contributed by atoms with Crippen LogP contribution in [0.2, 0.25) is 10.0 Å². The van der Waals surface area contributed by atoms with Gasteiger partial charge in [0, 0.05) is 5.56 Å². The van der Waals surface area contributed by atoms with Crippen LogP contribution >= 0.6 is 23.2 Å². The zero-order valence-corrected chi connectivity index (χ0v) is 16.5. The molecule has 0 spiro atoms. The molecule has 0 radical (unpaired) electrons. The van der Waals surface area contributed by atoms with Gasteiger partial charge in [0.1, 0.15) is 0 Å². The van der Waals surface area contributed by atoms with Crippen molar-refractivity contribution in [1.29, 1.82) is 0 Å². The largest absolute Gasteiger partial charge is 0.368 e. The molecule has 2 N–H and O–H groups in total. The molecule has 0 aliphatic carbocycles. The molecule has 3 aromatic rings. The Bertz CT molecular complexity index is 1130.